The SMILES string of the molecule is CCn1c(SCC(=O)N2CCc3ccccc3C2)nnc1-c1ccc(O)cc1. The van der Waals surface area contributed by atoms with Gasteiger partial charge in [0.1, 0.15) is 5.75 Å². The first-order valence-electron chi connectivity index (χ1n) is 9.35. The van der Waals surface area contributed by atoms with Gasteiger partial charge in [0.25, 0.3) is 0 Å². The first kappa shape index (κ1) is 18.6. The van der Waals surface area contributed by atoms with Crippen LogP contribution < -0.4 is 0 Å². The summed E-state index contributed by atoms with van der Waals surface area (Å²) >= 11 is 1.42. The van der Waals surface area contributed by atoms with Gasteiger partial charge in [0, 0.05) is 25.2 Å². The Kier molecular flexibility index (Phi) is 5.34. The van der Waals surface area contributed by atoms with Gasteiger partial charge < -0.3 is 14.6 Å². The van der Waals surface area contributed by atoms with Gasteiger partial charge in [0.05, 0.1) is 5.75 Å². The summed E-state index contributed by atoms with van der Waals surface area (Å²) < 4.78 is 2.00. The molecule has 4 rings (SSSR count). The van der Waals surface area contributed by atoms with Crippen LogP contribution in [0.25, 0.3) is 11.4 Å². The maximum Gasteiger partial charge on any atom is 0.233 e. The number of hydrogen-bond donors (Lipinski definition) is 1. The van der Waals surface area contributed by atoms with Crippen LogP contribution in [0.3, 0.4) is 0 Å². The Morgan fingerprint density at radius 3 is 2.61 bits per heavy atom. The van der Waals surface area contributed by atoms with Crippen molar-refractivity contribution in [2.45, 2.75) is 31.6 Å². The Morgan fingerprint density at radius 2 is 1.86 bits per heavy atom. The first-order chi connectivity index (χ1) is 13.7. The molecular formula is C21H22N4O2S. The lowest BCUT2D eigenvalue weighted by atomic mass is 10.00. The molecule has 1 aliphatic heterocycles. The molecule has 3 aromatic rings. The third-order valence-electron chi connectivity index (χ3n) is 4.97. The molecule has 28 heavy (non-hydrogen) atoms. The van der Waals surface area contributed by atoms with Crippen LogP contribution in [0.15, 0.2) is 53.7 Å². The second-order valence-electron chi connectivity index (χ2n) is 6.72. The molecule has 0 unspecified atom stereocenters. The topological polar surface area (TPSA) is 71.2 Å². The summed E-state index contributed by atoms with van der Waals surface area (Å²) in [5.74, 6) is 1.42. The number of rotatable bonds is 5. The van der Waals surface area contributed by atoms with Crippen molar-refractivity contribution in [3.8, 4) is 17.1 Å². The van der Waals surface area contributed by atoms with Crippen molar-refractivity contribution in [3.63, 3.8) is 0 Å². The zero-order valence-corrected chi connectivity index (χ0v) is 16.5. The van der Waals surface area contributed by atoms with Crippen molar-refractivity contribution in [2.75, 3.05) is 12.3 Å². The summed E-state index contributed by atoms with van der Waals surface area (Å²) in [5, 5.41) is 18.8. The number of benzene rings is 2. The third-order valence-corrected chi connectivity index (χ3v) is 5.92. The maximum absolute atomic E-state index is 12.7. The van der Waals surface area contributed by atoms with Crippen LogP contribution in [0.2, 0.25) is 0 Å². The molecule has 1 aliphatic rings. The number of phenolic OH excluding ortho intramolecular Hbond substituents is 1. The summed E-state index contributed by atoms with van der Waals surface area (Å²) in [6.45, 7) is 4.17. The molecule has 6 nitrogen and oxygen atoms in total. The summed E-state index contributed by atoms with van der Waals surface area (Å²) in [4.78, 5) is 14.6. The Hall–Kier alpha value is -2.80. The molecule has 144 valence electrons. The van der Waals surface area contributed by atoms with E-state index in [0.29, 0.717) is 18.8 Å². The monoisotopic (exact) mass is 394 g/mol. The fraction of sp³-hybridized carbons (Fsp3) is 0.286. The highest BCUT2D eigenvalue weighted by molar-refractivity contribution is 7.99. The van der Waals surface area contributed by atoms with Crippen molar-refractivity contribution in [3.05, 3.63) is 59.7 Å². The Balaban J connectivity index is 1.44. The predicted molar refractivity (Wildman–Crippen MR) is 109 cm³/mol. The quantitative estimate of drug-likeness (QED) is 0.672. The Labute approximate surface area is 168 Å². The highest BCUT2D eigenvalue weighted by atomic mass is 32.2. The number of carbonyl (C=O) groups excluding carboxylic acids is 1. The minimum absolute atomic E-state index is 0.122. The number of hydrogen-bond acceptors (Lipinski definition) is 5. The maximum atomic E-state index is 12.7. The lowest BCUT2D eigenvalue weighted by Crippen LogP contribution is -2.37. The van der Waals surface area contributed by atoms with E-state index in [4.69, 9.17) is 0 Å². The van der Waals surface area contributed by atoms with Crippen LogP contribution in [0, 0.1) is 0 Å². The van der Waals surface area contributed by atoms with Gasteiger partial charge in [0.15, 0.2) is 11.0 Å². The lowest BCUT2D eigenvalue weighted by molar-refractivity contribution is -0.129. The molecular weight excluding hydrogens is 372 g/mol. The zero-order valence-electron chi connectivity index (χ0n) is 15.7. The van der Waals surface area contributed by atoms with E-state index in [-0.39, 0.29) is 11.7 Å². The average molecular weight is 395 g/mol. The second-order valence-corrected chi connectivity index (χ2v) is 7.66. The lowest BCUT2D eigenvalue weighted by Gasteiger charge is -2.28. The molecule has 1 aromatic heterocycles. The normalized spacial score (nSPS) is 13.4. The molecule has 0 spiro atoms. The third kappa shape index (κ3) is 3.75. The molecule has 0 bridgehead atoms. The Bertz CT molecular complexity index is 984. The molecule has 2 aromatic carbocycles. The number of carbonyl (C=O) groups is 1. The van der Waals surface area contributed by atoms with Crippen LogP contribution in [0.1, 0.15) is 18.1 Å². The molecule has 0 saturated heterocycles. The molecule has 1 amide bonds. The number of amides is 1. The van der Waals surface area contributed by atoms with Crippen molar-refractivity contribution in [1.82, 2.24) is 19.7 Å². The highest BCUT2D eigenvalue weighted by Gasteiger charge is 2.21. The number of nitrogens with zero attached hydrogens (tertiary/aromatic N) is 4. The number of aromatic nitrogens is 3. The van der Waals surface area contributed by atoms with Gasteiger partial charge >= 0.3 is 0 Å². The minimum atomic E-state index is 0.122. The van der Waals surface area contributed by atoms with E-state index in [9.17, 15) is 9.90 Å². The largest absolute Gasteiger partial charge is 0.508 e. The average Bonchev–Trinajstić information content (AvgIpc) is 3.15. The van der Waals surface area contributed by atoms with Crippen LogP contribution in [0.5, 0.6) is 5.75 Å². The summed E-state index contributed by atoms with van der Waals surface area (Å²) in [5.41, 5.74) is 3.46. The van der Waals surface area contributed by atoms with Crippen molar-refractivity contribution in [1.29, 1.82) is 0 Å². The van der Waals surface area contributed by atoms with E-state index >= 15 is 0 Å². The zero-order chi connectivity index (χ0) is 19.5. The van der Waals surface area contributed by atoms with Gasteiger partial charge in [-0.1, -0.05) is 36.0 Å². The smallest absolute Gasteiger partial charge is 0.233 e. The van der Waals surface area contributed by atoms with E-state index < -0.39 is 0 Å². The predicted octanol–water partition coefficient (Wildman–Crippen LogP) is 3.35. The Morgan fingerprint density at radius 1 is 1.11 bits per heavy atom. The van der Waals surface area contributed by atoms with Crippen LogP contribution in [0.4, 0.5) is 0 Å². The second kappa shape index (κ2) is 8.06. The van der Waals surface area contributed by atoms with E-state index in [1.165, 1.54) is 22.9 Å². The fourth-order valence-electron chi connectivity index (χ4n) is 3.43. The van der Waals surface area contributed by atoms with Gasteiger partial charge in [-0.3, -0.25) is 4.79 Å². The fourth-order valence-corrected chi connectivity index (χ4v) is 4.34. The number of fused-ring (bicyclic) bond motifs is 1. The molecule has 0 atom stereocenters. The summed E-state index contributed by atoms with van der Waals surface area (Å²) in [7, 11) is 0. The number of phenols is 1. The van der Waals surface area contributed by atoms with Crippen LogP contribution in [-0.4, -0.2) is 43.0 Å². The molecule has 0 fully saturated rings. The number of thioether (sulfide) groups is 1. The van der Waals surface area contributed by atoms with Crippen LogP contribution in [-0.2, 0) is 24.3 Å². The van der Waals surface area contributed by atoms with E-state index in [1.807, 2.05) is 34.6 Å². The van der Waals surface area contributed by atoms with Gasteiger partial charge in [-0.2, -0.15) is 0 Å². The van der Waals surface area contributed by atoms with Crippen molar-refractivity contribution >= 4 is 17.7 Å². The summed E-state index contributed by atoms with van der Waals surface area (Å²) in [6.07, 6.45) is 0.905. The number of aromatic hydroxyl groups is 1. The standard InChI is InChI=1S/C21H22N4O2S/c1-2-25-20(16-7-9-18(26)10-8-16)22-23-21(25)28-14-19(27)24-12-11-15-5-3-4-6-17(15)13-24/h3-10,26H,2,11-14H2,1H3. The summed E-state index contributed by atoms with van der Waals surface area (Å²) in [6, 6.07) is 15.2. The molecule has 0 saturated carbocycles. The molecule has 0 radical (unpaired) electrons. The molecule has 2 heterocycles. The molecule has 7 heteroatoms. The first-order valence-corrected chi connectivity index (χ1v) is 10.3. The molecule has 1 N–H and O–H groups in total. The van der Waals surface area contributed by atoms with Crippen molar-refractivity contribution in [2.24, 2.45) is 0 Å². The van der Waals surface area contributed by atoms with Gasteiger partial charge in [-0.15, -0.1) is 10.2 Å². The van der Waals surface area contributed by atoms with Crippen LogP contribution >= 0.6 is 11.8 Å². The molecule has 0 aliphatic carbocycles. The van der Waals surface area contributed by atoms with E-state index in [2.05, 4.69) is 28.4 Å². The van der Waals surface area contributed by atoms with Gasteiger partial charge in [-0.05, 0) is 48.7 Å². The van der Waals surface area contributed by atoms with E-state index in [0.717, 1.165) is 29.5 Å². The minimum Gasteiger partial charge on any atom is -0.508 e. The van der Waals surface area contributed by atoms with Gasteiger partial charge in [-0.25, -0.2) is 0 Å². The van der Waals surface area contributed by atoms with Gasteiger partial charge in [0.2, 0.25) is 5.91 Å². The van der Waals surface area contributed by atoms with E-state index in [1.54, 1.807) is 12.1 Å². The van der Waals surface area contributed by atoms with Crippen molar-refractivity contribution < 1.29 is 9.90 Å². The highest BCUT2D eigenvalue weighted by Crippen LogP contribution is 2.26.